The zero-order valence-corrected chi connectivity index (χ0v) is 11.2. The van der Waals surface area contributed by atoms with E-state index in [0.29, 0.717) is 18.9 Å². The molecule has 0 aliphatic carbocycles. The van der Waals surface area contributed by atoms with Gasteiger partial charge in [-0.3, -0.25) is 4.79 Å². The Bertz CT molecular complexity index is 625. The molecule has 102 valence electrons. The lowest BCUT2D eigenvalue weighted by Crippen LogP contribution is -2.26. The Balaban J connectivity index is 1.91. The third-order valence-corrected chi connectivity index (χ3v) is 2.91. The molecule has 0 fully saturated rings. The van der Waals surface area contributed by atoms with Crippen LogP contribution in [0.3, 0.4) is 0 Å². The number of carbonyl (C=O) groups excluding carboxylic acids is 1. The average Bonchev–Trinajstić information content (AvgIpc) is 2.67. The molecular formula is C14H19N3O2. The van der Waals surface area contributed by atoms with Gasteiger partial charge in [-0.1, -0.05) is 19.9 Å². The van der Waals surface area contributed by atoms with Gasteiger partial charge in [-0.25, -0.2) is 4.79 Å². The predicted molar refractivity (Wildman–Crippen MR) is 75.1 cm³/mol. The lowest BCUT2D eigenvalue weighted by Gasteiger charge is -2.07. The molecule has 0 spiro atoms. The summed E-state index contributed by atoms with van der Waals surface area (Å²) in [6.07, 6.45) is 1.32. The topological polar surface area (TPSA) is 77.8 Å². The highest BCUT2D eigenvalue weighted by Gasteiger charge is 2.04. The van der Waals surface area contributed by atoms with Crippen molar-refractivity contribution in [2.45, 2.75) is 26.7 Å². The number of rotatable bonds is 5. The van der Waals surface area contributed by atoms with E-state index < -0.39 is 0 Å². The van der Waals surface area contributed by atoms with Gasteiger partial charge in [-0.2, -0.15) is 0 Å². The molecular weight excluding hydrogens is 242 g/mol. The van der Waals surface area contributed by atoms with Gasteiger partial charge in [0.25, 0.3) is 0 Å². The third kappa shape index (κ3) is 3.71. The molecule has 5 nitrogen and oxygen atoms in total. The molecule has 19 heavy (non-hydrogen) atoms. The Morgan fingerprint density at radius 3 is 2.74 bits per heavy atom. The van der Waals surface area contributed by atoms with E-state index in [1.54, 1.807) is 0 Å². The Labute approximate surface area is 111 Å². The molecule has 0 aliphatic heterocycles. The second-order valence-corrected chi connectivity index (χ2v) is 5.16. The van der Waals surface area contributed by atoms with Gasteiger partial charge in [0.15, 0.2) is 0 Å². The van der Waals surface area contributed by atoms with Gasteiger partial charge in [0.1, 0.15) is 0 Å². The summed E-state index contributed by atoms with van der Waals surface area (Å²) in [4.78, 5) is 28.1. The van der Waals surface area contributed by atoms with Gasteiger partial charge in [-0.05, 0) is 30.0 Å². The summed E-state index contributed by atoms with van der Waals surface area (Å²) in [5, 5.41) is 2.90. The zero-order chi connectivity index (χ0) is 13.8. The van der Waals surface area contributed by atoms with Gasteiger partial charge < -0.3 is 15.3 Å². The molecule has 0 saturated heterocycles. The van der Waals surface area contributed by atoms with Crippen LogP contribution in [0.15, 0.2) is 23.0 Å². The summed E-state index contributed by atoms with van der Waals surface area (Å²) in [6.45, 7) is 4.66. The third-order valence-electron chi connectivity index (χ3n) is 2.91. The predicted octanol–water partition coefficient (Wildman–Crippen LogP) is 1.56. The van der Waals surface area contributed by atoms with E-state index in [-0.39, 0.29) is 11.6 Å². The molecule has 0 aliphatic rings. The van der Waals surface area contributed by atoms with Crippen molar-refractivity contribution in [3.8, 4) is 0 Å². The molecule has 3 N–H and O–H groups in total. The number of hydrogen-bond acceptors (Lipinski definition) is 2. The minimum absolute atomic E-state index is 0.0890. The maximum Gasteiger partial charge on any atom is 0.323 e. The van der Waals surface area contributed by atoms with Crippen LogP contribution in [0.4, 0.5) is 0 Å². The van der Waals surface area contributed by atoms with Crippen LogP contribution in [0.1, 0.15) is 25.8 Å². The summed E-state index contributed by atoms with van der Waals surface area (Å²) in [7, 11) is 0. The normalized spacial score (nSPS) is 11.1. The Morgan fingerprint density at radius 1 is 1.26 bits per heavy atom. The number of imidazole rings is 1. The van der Waals surface area contributed by atoms with Crippen LogP contribution in [-0.4, -0.2) is 22.4 Å². The number of aromatic nitrogens is 2. The van der Waals surface area contributed by atoms with E-state index in [4.69, 9.17) is 0 Å². The fourth-order valence-corrected chi connectivity index (χ4v) is 2.02. The van der Waals surface area contributed by atoms with Gasteiger partial charge in [0, 0.05) is 13.0 Å². The molecule has 0 radical (unpaired) electrons. The van der Waals surface area contributed by atoms with Gasteiger partial charge in [0.05, 0.1) is 11.0 Å². The van der Waals surface area contributed by atoms with Gasteiger partial charge >= 0.3 is 5.69 Å². The summed E-state index contributed by atoms with van der Waals surface area (Å²) in [5.74, 6) is 0.465. The van der Waals surface area contributed by atoms with E-state index >= 15 is 0 Å². The molecule has 0 bridgehead atoms. The maximum atomic E-state index is 11.5. The number of benzene rings is 1. The molecule has 5 heteroatoms. The van der Waals surface area contributed by atoms with Crippen molar-refractivity contribution >= 4 is 16.9 Å². The Hall–Kier alpha value is -2.04. The molecule has 0 saturated carbocycles. The summed E-state index contributed by atoms with van der Waals surface area (Å²) in [6, 6.07) is 5.76. The van der Waals surface area contributed by atoms with Crippen LogP contribution in [0.5, 0.6) is 0 Å². The molecule has 1 aromatic heterocycles. The van der Waals surface area contributed by atoms with Crippen molar-refractivity contribution in [3.05, 3.63) is 34.2 Å². The molecule has 1 heterocycles. The zero-order valence-electron chi connectivity index (χ0n) is 11.2. The van der Waals surface area contributed by atoms with E-state index in [1.807, 2.05) is 32.0 Å². The smallest absolute Gasteiger partial charge is 0.323 e. The molecule has 1 amide bonds. The van der Waals surface area contributed by atoms with Gasteiger partial charge in [0.2, 0.25) is 5.91 Å². The van der Waals surface area contributed by atoms with Crippen LogP contribution < -0.4 is 11.0 Å². The van der Waals surface area contributed by atoms with Crippen LogP contribution >= 0.6 is 0 Å². The second-order valence-electron chi connectivity index (χ2n) is 5.16. The first-order valence-electron chi connectivity index (χ1n) is 6.52. The van der Waals surface area contributed by atoms with Gasteiger partial charge in [-0.15, -0.1) is 0 Å². The van der Waals surface area contributed by atoms with Crippen molar-refractivity contribution in [2.75, 3.05) is 6.54 Å². The van der Waals surface area contributed by atoms with E-state index in [9.17, 15) is 9.59 Å². The minimum Gasteiger partial charge on any atom is -0.356 e. The van der Waals surface area contributed by atoms with Crippen LogP contribution in [0.2, 0.25) is 0 Å². The maximum absolute atomic E-state index is 11.5. The second kappa shape index (κ2) is 5.73. The Morgan fingerprint density at radius 2 is 2.00 bits per heavy atom. The fourth-order valence-electron chi connectivity index (χ4n) is 2.02. The van der Waals surface area contributed by atoms with E-state index in [1.165, 1.54) is 0 Å². The number of aromatic amines is 2. The van der Waals surface area contributed by atoms with E-state index in [2.05, 4.69) is 15.3 Å². The lowest BCUT2D eigenvalue weighted by molar-refractivity contribution is -0.121. The standard InChI is InChI=1S/C14H19N3O2/c1-9(2)7-13(18)15-6-5-10-3-4-11-12(8-10)17-14(19)16-11/h3-4,8-9H,5-7H2,1-2H3,(H,15,18)(H2,16,17,19). The highest BCUT2D eigenvalue weighted by molar-refractivity contribution is 5.76. The first-order chi connectivity index (χ1) is 9.04. The first kappa shape index (κ1) is 13.4. The Kier molecular flexibility index (Phi) is 4.04. The van der Waals surface area contributed by atoms with Crippen molar-refractivity contribution < 1.29 is 4.79 Å². The lowest BCUT2D eigenvalue weighted by atomic mass is 10.1. The van der Waals surface area contributed by atoms with Crippen molar-refractivity contribution in [1.29, 1.82) is 0 Å². The van der Waals surface area contributed by atoms with Crippen LogP contribution in [0.25, 0.3) is 11.0 Å². The highest BCUT2D eigenvalue weighted by atomic mass is 16.1. The number of H-pyrrole nitrogens is 2. The quantitative estimate of drug-likeness (QED) is 0.763. The summed E-state index contributed by atoms with van der Waals surface area (Å²) in [5.41, 5.74) is 2.50. The molecule has 1 aromatic carbocycles. The molecule has 2 aromatic rings. The minimum atomic E-state index is -0.197. The van der Waals surface area contributed by atoms with Crippen molar-refractivity contribution in [2.24, 2.45) is 5.92 Å². The van der Waals surface area contributed by atoms with Crippen LogP contribution in [0, 0.1) is 5.92 Å². The van der Waals surface area contributed by atoms with Crippen molar-refractivity contribution in [3.63, 3.8) is 0 Å². The van der Waals surface area contributed by atoms with E-state index in [0.717, 1.165) is 23.0 Å². The van der Waals surface area contributed by atoms with Crippen LogP contribution in [-0.2, 0) is 11.2 Å². The number of hydrogen-bond donors (Lipinski definition) is 3. The first-order valence-corrected chi connectivity index (χ1v) is 6.52. The number of fused-ring (bicyclic) bond motifs is 1. The number of carbonyl (C=O) groups is 1. The summed E-state index contributed by atoms with van der Waals surface area (Å²) >= 11 is 0. The largest absolute Gasteiger partial charge is 0.356 e. The molecule has 0 atom stereocenters. The number of amides is 1. The SMILES string of the molecule is CC(C)CC(=O)NCCc1ccc2[nH]c(=O)[nH]c2c1. The average molecular weight is 261 g/mol. The molecule has 2 rings (SSSR count). The number of nitrogens with one attached hydrogen (secondary N) is 3. The monoisotopic (exact) mass is 261 g/mol. The summed E-state index contributed by atoms with van der Waals surface area (Å²) < 4.78 is 0. The fraction of sp³-hybridized carbons (Fsp3) is 0.429. The molecule has 0 unspecified atom stereocenters. The highest BCUT2D eigenvalue weighted by Crippen LogP contribution is 2.10. The van der Waals surface area contributed by atoms with Crippen molar-refractivity contribution in [1.82, 2.24) is 15.3 Å².